The Balaban J connectivity index is 1.27. The van der Waals surface area contributed by atoms with Gasteiger partial charge in [0, 0.05) is 27.6 Å². The molecule has 7 nitrogen and oxygen atoms in total. The predicted molar refractivity (Wildman–Crippen MR) is 159 cm³/mol. The fourth-order valence-corrected chi connectivity index (χ4v) is 5.19. The highest BCUT2D eigenvalue weighted by atomic mass is 35.5. The molecule has 1 aliphatic heterocycles. The van der Waals surface area contributed by atoms with Crippen LogP contribution in [0.3, 0.4) is 0 Å². The van der Waals surface area contributed by atoms with E-state index in [1.165, 1.54) is 5.56 Å². The van der Waals surface area contributed by atoms with Crippen LogP contribution in [0.1, 0.15) is 44.3 Å². The van der Waals surface area contributed by atoms with E-state index in [9.17, 15) is 10.1 Å². The van der Waals surface area contributed by atoms with Crippen molar-refractivity contribution in [3.63, 3.8) is 0 Å². The van der Waals surface area contributed by atoms with Gasteiger partial charge in [0.05, 0.1) is 5.92 Å². The number of furan rings is 1. The van der Waals surface area contributed by atoms with E-state index in [0.717, 1.165) is 16.5 Å². The lowest BCUT2D eigenvalue weighted by Gasteiger charge is -2.27. The van der Waals surface area contributed by atoms with Gasteiger partial charge < -0.3 is 24.4 Å². The molecule has 0 amide bonds. The number of aryl methyl sites for hydroxylation is 2. The van der Waals surface area contributed by atoms with E-state index in [4.69, 9.17) is 36.0 Å². The van der Waals surface area contributed by atoms with Gasteiger partial charge in [-0.25, -0.2) is 4.79 Å². The van der Waals surface area contributed by atoms with Crippen molar-refractivity contribution in [2.24, 2.45) is 5.73 Å². The van der Waals surface area contributed by atoms with Crippen LogP contribution in [-0.4, -0.2) is 5.97 Å². The lowest BCUT2D eigenvalue weighted by atomic mass is 9.83. The summed E-state index contributed by atoms with van der Waals surface area (Å²) in [5.74, 6) is 0.164. The molecule has 0 saturated heterocycles. The van der Waals surface area contributed by atoms with Gasteiger partial charge in [0.25, 0.3) is 0 Å². The summed E-state index contributed by atoms with van der Waals surface area (Å²) in [5, 5.41) is 11.3. The maximum Gasteiger partial charge on any atom is 0.379 e. The number of nitrogens with zero attached hydrogens (tertiary/aromatic N) is 1. The molecule has 1 aromatic heterocycles. The Morgan fingerprint density at radius 1 is 1.00 bits per heavy atom. The Kier molecular flexibility index (Phi) is 7.07. The highest BCUT2D eigenvalue weighted by molar-refractivity contribution is 6.31. The summed E-state index contributed by atoms with van der Waals surface area (Å²) >= 11 is 6.11. The first-order valence-electron chi connectivity index (χ1n) is 13.2. The molecule has 0 fully saturated rings. The van der Waals surface area contributed by atoms with E-state index in [-0.39, 0.29) is 23.0 Å². The number of ether oxygens (including phenoxy) is 3. The van der Waals surface area contributed by atoms with Crippen LogP contribution in [0, 0.1) is 25.2 Å². The number of carbonyl (C=O) groups is 1. The average Bonchev–Trinajstić information content (AvgIpc) is 3.31. The molecule has 4 aromatic carbocycles. The number of carbonyl (C=O) groups excluding carboxylic acids is 1. The molecule has 6 rings (SSSR count). The van der Waals surface area contributed by atoms with Crippen LogP contribution < -0.4 is 19.9 Å². The third-order valence-corrected chi connectivity index (χ3v) is 7.44. The van der Waals surface area contributed by atoms with Crippen molar-refractivity contribution in [3.8, 4) is 23.3 Å². The van der Waals surface area contributed by atoms with Gasteiger partial charge in [-0.15, -0.1) is 0 Å². The van der Waals surface area contributed by atoms with Crippen molar-refractivity contribution in [1.29, 1.82) is 5.26 Å². The summed E-state index contributed by atoms with van der Waals surface area (Å²) in [6, 6.07) is 28.0. The number of allylic oxidation sites excluding steroid dienone is 1. The van der Waals surface area contributed by atoms with Gasteiger partial charge in [-0.2, -0.15) is 5.26 Å². The molecule has 2 heterocycles. The van der Waals surface area contributed by atoms with Crippen molar-refractivity contribution in [2.45, 2.75) is 26.4 Å². The van der Waals surface area contributed by atoms with Crippen molar-refractivity contribution in [1.82, 2.24) is 0 Å². The van der Waals surface area contributed by atoms with Gasteiger partial charge in [0.2, 0.25) is 11.6 Å². The highest BCUT2D eigenvalue weighted by Crippen LogP contribution is 2.44. The van der Waals surface area contributed by atoms with Gasteiger partial charge in [-0.05, 0) is 61.4 Å². The van der Waals surface area contributed by atoms with Crippen LogP contribution in [0.2, 0.25) is 5.02 Å². The molecule has 0 spiro atoms. The van der Waals surface area contributed by atoms with E-state index in [2.05, 4.69) is 6.07 Å². The minimum absolute atomic E-state index is 0.0190. The Bertz CT molecular complexity index is 1920. The molecule has 1 aliphatic rings. The van der Waals surface area contributed by atoms with Crippen LogP contribution in [0.5, 0.6) is 17.2 Å². The monoisotopic (exact) mass is 576 g/mol. The quantitative estimate of drug-likeness (QED) is 0.163. The number of esters is 1. The first-order chi connectivity index (χ1) is 20.3. The maximum atomic E-state index is 13.0. The van der Waals surface area contributed by atoms with Gasteiger partial charge in [0.1, 0.15) is 41.1 Å². The summed E-state index contributed by atoms with van der Waals surface area (Å²) in [6.07, 6.45) is 0. The number of nitriles is 1. The largest absolute Gasteiger partial charge is 0.489 e. The van der Waals surface area contributed by atoms with Gasteiger partial charge in [-0.3, -0.25) is 0 Å². The zero-order valence-corrected chi connectivity index (χ0v) is 23.6. The Labute approximate surface area is 247 Å². The Hall–Kier alpha value is -5.19. The minimum atomic E-state index is -0.660. The van der Waals surface area contributed by atoms with Crippen LogP contribution >= 0.6 is 11.6 Å². The first kappa shape index (κ1) is 27.0. The zero-order chi connectivity index (χ0) is 29.4. The second-order valence-electron chi connectivity index (χ2n) is 10.1. The molecule has 2 N–H and O–H groups in total. The fraction of sp³-hybridized carbons (Fsp3) is 0.118. The van der Waals surface area contributed by atoms with Crippen molar-refractivity contribution < 1.29 is 23.4 Å². The smallest absolute Gasteiger partial charge is 0.379 e. The third kappa shape index (κ3) is 5.16. The van der Waals surface area contributed by atoms with Gasteiger partial charge in [-0.1, -0.05) is 59.6 Å². The topological polar surface area (TPSA) is 108 Å². The summed E-state index contributed by atoms with van der Waals surface area (Å²) in [7, 11) is 0. The summed E-state index contributed by atoms with van der Waals surface area (Å²) in [4.78, 5) is 13.0. The van der Waals surface area contributed by atoms with E-state index in [1.807, 2.05) is 55.5 Å². The first-order valence-corrected chi connectivity index (χ1v) is 13.6. The van der Waals surface area contributed by atoms with Crippen LogP contribution in [0.15, 0.2) is 101 Å². The molecule has 1 unspecified atom stereocenters. The molecular formula is C34H25ClN2O5. The molecule has 0 radical (unpaired) electrons. The third-order valence-electron chi connectivity index (χ3n) is 7.20. The number of rotatable bonds is 6. The van der Waals surface area contributed by atoms with Gasteiger partial charge in [0.15, 0.2) is 0 Å². The van der Waals surface area contributed by atoms with E-state index in [1.54, 1.807) is 43.3 Å². The van der Waals surface area contributed by atoms with Crippen molar-refractivity contribution >= 4 is 28.5 Å². The van der Waals surface area contributed by atoms with E-state index in [0.29, 0.717) is 39.8 Å². The second-order valence-corrected chi connectivity index (χ2v) is 10.5. The summed E-state index contributed by atoms with van der Waals surface area (Å²) < 4.78 is 23.3. The normalized spacial score (nSPS) is 14.2. The van der Waals surface area contributed by atoms with Crippen LogP contribution in [0.25, 0.3) is 11.0 Å². The number of fused-ring (bicyclic) bond motifs is 2. The average molecular weight is 577 g/mol. The number of hydrogen-bond donors (Lipinski definition) is 1. The molecule has 208 valence electrons. The molecule has 1 atom stereocenters. The SMILES string of the molecule is Cc1ccc(COc2cccc(C3C(C#N)=C(N)Oc4cc(OC(=O)c5oc6ccc(Cl)cc6c5C)ccc43)c2)cc1. The summed E-state index contributed by atoms with van der Waals surface area (Å²) in [6.45, 7) is 4.22. The van der Waals surface area contributed by atoms with Crippen molar-refractivity contribution in [3.05, 3.63) is 135 Å². The summed E-state index contributed by atoms with van der Waals surface area (Å²) in [5.41, 5.74) is 11.4. The lowest BCUT2D eigenvalue weighted by Crippen LogP contribution is -2.21. The number of halogens is 1. The number of benzene rings is 4. The molecule has 0 bridgehead atoms. The van der Waals surface area contributed by atoms with Crippen molar-refractivity contribution in [2.75, 3.05) is 0 Å². The lowest BCUT2D eigenvalue weighted by molar-refractivity contribution is 0.0702. The van der Waals surface area contributed by atoms with Crippen LogP contribution in [-0.2, 0) is 6.61 Å². The minimum Gasteiger partial charge on any atom is -0.489 e. The zero-order valence-electron chi connectivity index (χ0n) is 22.8. The van der Waals surface area contributed by atoms with Gasteiger partial charge >= 0.3 is 5.97 Å². The molecule has 8 heteroatoms. The number of hydrogen-bond acceptors (Lipinski definition) is 7. The molecule has 0 saturated carbocycles. The molecule has 42 heavy (non-hydrogen) atoms. The van der Waals surface area contributed by atoms with E-state index < -0.39 is 11.9 Å². The Morgan fingerprint density at radius 2 is 1.81 bits per heavy atom. The predicted octanol–water partition coefficient (Wildman–Crippen LogP) is 7.72. The maximum absolute atomic E-state index is 13.0. The standard InChI is InChI=1S/C34H25ClN2O5/c1-19-6-8-21(9-7-19)18-39-24-5-3-4-22(14-24)31-26-12-11-25(16-30(26)42-33(37)28(31)17-36)40-34(38)32-20(2)27-15-23(35)10-13-29(27)41-32/h3-16,31H,18,37H2,1-2H3. The Morgan fingerprint density at radius 3 is 2.60 bits per heavy atom. The second kappa shape index (κ2) is 11.0. The molecular weight excluding hydrogens is 552 g/mol. The molecule has 5 aromatic rings. The van der Waals surface area contributed by atoms with E-state index >= 15 is 0 Å². The molecule has 0 aliphatic carbocycles. The van der Waals surface area contributed by atoms with Crippen LogP contribution in [0.4, 0.5) is 0 Å². The highest BCUT2D eigenvalue weighted by Gasteiger charge is 2.31. The fourth-order valence-electron chi connectivity index (χ4n) is 5.02. The number of nitrogens with two attached hydrogens (primary N) is 1.